The Labute approximate surface area is 134 Å². The highest BCUT2D eigenvalue weighted by Gasteiger charge is 2.41. The van der Waals surface area contributed by atoms with Crippen LogP contribution in [0, 0.1) is 0 Å². The minimum atomic E-state index is -0.190. The first kappa shape index (κ1) is 15.2. The number of likely N-dealkylation sites (tertiary alicyclic amines) is 1. The summed E-state index contributed by atoms with van der Waals surface area (Å²) < 4.78 is 5.03. The van der Waals surface area contributed by atoms with Gasteiger partial charge in [0.25, 0.3) is 11.8 Å². The van der Waals surface area contributed by atoms with E-state index in [2.05, 4.69) is 4.90 Å². The second kappa shape index (κ2) is 6.62. The van der Waals surface area contributed by atoms with Crippen molar-refractivity contribution in [2.45, 2.75) is 19.3 Å². The summed E-state index contributed by atoms with van der Waals surface area (Å²) in [6.45, 7) is 2.37. The van der Waals surface area contributed by atoms with Gasteiger partial charge in [-0.05, 0) is 30.7 Å². The number of ether oxygens (including phenoxy) is 1. The van der Waals surface area contributed by atoms with Crippen molar-refractivity contribution in [1.82, 2.24) is 9.80 Å². The van der Waals surface area contributed by atoms with E-state index in [9.17, 15) is 9.59 Å². The number of hydrogen-bond acceptors (Lipinski definition) is 5. The van der Waals surface area contributed by atoms with Crippen LogP contribution in [-0.4, -0.2) is 55.0 Å². The van der Waals surface area contributed by atoms with E-state index in [0.717, 1.165) is 30.8 Å². The largest absolute Gasteiger partial charge is 0.383 e. The summed E-state index contributed by atoms with van der Waals surface area (Å²) in [6, 6.07) is 3.82. The number of hydrogen-bond donors (Lipinski definition) is 0. The van der Waals surface area contributed by atoms with Crippen molar-refractivity contribution < 1.29 is 14.3 Å². The highest BCUT2D eigenvalue weighted by atomic mass is 32.1. The van der Waals surface area contributed by atoms with Crippen LogP contribution in [0.25, 0.3) is 5.57 Å². The molecule has 1 saturated heterocycles. The minimum absolute atomic E-state index is 0.174. The van der Waals surface area contributed by atoms with E-state index in [-0.39, 0.29) is 11.8 Å². The standard InChI is InChI=1S/C16H20N2O3S/c1-21-10-9-18-15(19)13(12-6-5-11-22-12)14(16(18)20)17-7-3-2-4-8-17/h5-6,11H,2-4,7-10H2,1H3. The van der Waals surface area contributed by atoms with Crippen LogP contribution in [0.15, 0.2) is 23.2 Å². The normalized spacial score (nSPS) is 19.5. The molecule has 2 aliphatic rings. The van der Waals surface area contributed by atoms with Gasteiger partial charge in [0.1, 0.15) is 5.70 Å². The molecule has 6 heteroatoms. The van der Waals surface area contributed by atoms with Crippen molar-refractivity contribution in [2.75, 3.05) is 33.4 Å². The van der Waals surface area contributed by atoms with Crippen molar-refractivity contribution in [3.63, 3.8) is 0 Å². The lowest BCUT2D eigenvalue weighted by molar-refractivity contribution is -0.138. The molecule has 118 valence electrons. The molecule has 3 rings (SSSR count). The predicted octanol–water partition coefficient (Wildman–Crippen LogP) is 1.96. The minimum Gasteiger partial charge on any atom is -0.383 e. The molecule has 0 aliphatic carbocycles. The smallest absolute Gasteiger partial charge is 0.277 e. The first-order chi connectivity index (χ1) is 10.7. The Morgan fingerprint density at radius 3 is 2.59 bits per heavy atom. The van der Waals surface area contributed by atoms with Crippen molar-refractivity contribution >= 4 is 28.7 Å². The van der Waals surface area contributed by atoms with Gasteiger partial charge < -0.3 is 9.64 Å². The van der Waals surface area contributed by atoms with Gasteiger partial charge >= 0.3 is 0 Å². The van der Waals surface area contributed by atoms with E-state index < -0.39 is 0 Å². The fraction of sp³-hybridized carbons (Fsp3) is 0.500. The number of piperidine rings is 1. The second-order valence-electron chi connectivity index (χ2n) is 5.50. The van der Waals surface area contributed by atoms with Crippen LogP contribution in [0.1, 0.15) is 24.1 Å². The highest BCUT2D eigenvalue weighted by Crippen LogP contribution is 2.34. The first-order valence-electron chi connectivity index (χ1n) is 7.62. The topological polar surface area (TPSA) is 49.9 Å². The molecule has 1 aromatic rings. The van der Waals surface area contributed by atoms with Crippen LogP contribution in [0.3, 0.4) is 0 Å². The Hall–Kier alpha value is -1.66. The lowest BCUT2D eigenvalue weighted by Gasteiger charge is -2.29. The number of rotatable bonds is 5. The van der Waals surface area contributed by atoms with E-state index in [0.29, 0.717) is 24.4 Å². The fourth-order valence-electron chi connectivity index (χ4n) is 3.00. The van der Waals surface area contributed by atoms with Gasteiger partial charge in [0, 0.05) is 25.1 Å². The molecule has 0 aromatic carbocycles. The fourth-order valence-corrected chi connectivity index (χ4v) is 3.77. The Morgan fingerprint density at radius 2 is 1.95 bits per heavy atom. The molecular formula is C16H20N2O3S. The first-order valence-corrected chi connectivity index (χ1v) is 8.50. The molecule has 1 fully saturated rings. The number of thiophene rings is 1. The lowest BCUT2D eigenvalue weighted by Crippen LogP contribution is -2.38. The molecule has 0 unspecified atom stereocenters. The molecule has 0 saturated carbocycles. The zero-order valence-electron chi connectivity index (χ0n) is 12.7. The SMILES string of the molecule is COCCN1C(=O)C(c2cccs2)=C(N2CCCCC2)C1=O. The summed E-state index contributed by atoms with van der Waals surface area (Å²) >= 11 is 1.50. The third-order valence-corrected chi connectivity index (χ3v) is 4.99. The molecule has 0 spiro atoms. The zero-order chi connectivity index (χ0) is 15.5. The summed E-state index contributed by atoms with van der Waals surface area (Å²) in [6.07, 6.45) is 3.33. The van der Waals surface area contributed by atoms with E-state index in [1.54, 1.807) is 7.11 Å². The monoisotopic (exact) mass is 320 g/mol. The summed E-state index contributed by atoms with van der Waals surface area (Å²) in [5.41, 5.74) is 1.15. The maximum absolute atomic E-state index is 12.8. The van der Waals surface area contributed by atoms with Crippen molar-refractivity contribution in [1.29, 1.82) is 0 Å². The molecular weight excluding hydrogens is 300 g/mol. The van der Waals surface area contributed by atoms with Crippen LogP contribution in [0.4, 0.5) is 0 Å². The quantitative estimate of drug-likeness (QED) is 0.778. The molecule has 0 atom stereocenters. The lowest BCUT2D eigenvalue weighted by atomic mass is 10.1. The number of carbonyl (C=O) groups is 2. The molecule has 3 heterocycles. The van der Waals surface area contributed by atoms with Gasteiger partial charge in [-0.15, -0.1) is 11.3 Å². The Bertz CT molecular complexity index is 589. The molecule has 0 N–H and O–H groups in total. The maximum atomic E-state index is 12.8. The van der Waals surface area contributed by atoms with Crippen molar-refractivity contribution in [3.8, 4) is 0 Å². The average molecular weight is 320 g/mol. The van der Waals surface area contributed by atoms with Gasteiger partial charge in [0.2, 0.25) is 0 Å². The maximum Gasteiger partial charge on any atom is 0.277 e. The zero-order valence-corrected chi connectivity index (χ0v) is 13.5. The van der Waals surface area contributed by atoms with Gasteiger partial charge in [0.05, 0.1) is 18.7 Å². The number of amides is 2. The molecule has 0 radical (unpaired) electrons. The number of carbonyl (C=O) groups excluding carboxylic acids is 2. The van der Waals surface area contributed by atoms with Gasteiger partial charge in [-0.2, -0.15) is 0 Å². The van der Waals surface area contributed by atoms with Crippen LogP contribution in [0.5, 0.6) is 0 Å². The van der Waals surface area contributed by atoms with Gasteiger partial charge in [0.15, 0.2) is 0 Å². The third-order valence-electron chi connectivity index (χ3n) is 4.10. The van der Waals surface area contributed by atoms with Crippen molar-refractivity contribution in [2.24, 2.45) is 0 Å². The Morgan fingerprint density at radius 1 is 1.18 bits per heavy atom. The van der Waals surface area contributed by atoms with Gasteiger partial charge in [-0.25, -0.2) is 0 Å². The summed E-state index contributed by atoms with van der Waals surface area (Å²) in [5, 5.41) is 1.94. The van der Waals surface area contributed by atoms with Crippen LogP contribution < -0.4 is 0 Å². The summed E-state index contributed by atoms with van der Waals surface area (Å²) in [5.74, 6) is -0.363. The molecule has 5 nitrogen and oxygen atoms in total. The molecule has 22 heavy (non-hydrogen) atoms. The van der Waals surface area contributed by atoms with Crippen LogP contribution in [0.2, 0.25) is 0 Å². The second-order valence-corrected chi connectivity index (χ2v) is 6.45. The third kappa shape index (κ3) is 2.68. The van der Waals surface area contributed by atoms with Crippen LogP contribution >= 0.6 is 11.3 Å². The Balaban J connectivity index is 1.97. The van der Waals surface area contributed by atoms with Gasteiger partial charge in [-0.3, -0.25) is 14.5 Å². The van der Waals surface area contributed by atoms with E-state index in [1.807, 2.05) is 17.5 Å². The van der Waals surface area contributed by atoms with Crippen LogP contribution in [-0.2, 0) is 14.3 Å². The highest BCUT2D eigenvalue weighted by molar-refractivity contribution is 7.11. The average Bonchev–Trinajstić information content (AvgIpc) is 3.14. The molecule has 2 amide bonds. The molecule has 2 aliphatic heterocycles. The molecule has 1 aromatic heterocycles. The number of imide groups is 1. The summed E-state index contributed by atoms with van der Waals surface area (Å²) in [4.78, 5) is 29.8. The van der Waals surface area contributed by atoms with Gasteiger partial charge in [-0.1, -0.05) is 6.07 Å². The van der Waals surface area contributed by atoms with E-state index >= 15 is 0 Å². The number of nitrogens with zero attached hydrogens (tertiary/aromatic N) is 2. The van der Waals surface area contributed by atoms with E-state index in [1.165, 1.54) is 22.7 Å². The van der Waals surface area contributed by atoms with Crippen molar-refractivity contribution in [3.05, 3.63) is 28.1 Å². The summed E-state index contributed by atoms with van der Waals surface area (Å²) in [7, 11) is 1.57. The predicted molar refractivity (Wildman–Crippen MR) is 85.3 cm³/mol. The molecule has 0 bridgehead atoms. The van der Waals surface area contributed by atoms with E-state index in [4.69, 9.17) is 4.74 Å². The Kier molecular flexibility index (Phi) is 4.59. The number of methoxy groups -OCH3 is 1.